The average molecular weight is 456 g/mol. The summed E-state index contributed by atoms with van der Waals surface area (Å²) < 4.78 is 10.3. The molecule has 0 aliphatic carbocycles. The van der Waals surface area contributed by atoms with Crippen LogP contribution >= 0.6 is 24.0 Å². The predicted molar refractivity (Wildman–Crippen MR) is 107 cm³/mol. The van der Waals surface area contributed by atoms with Gasteiger partial charge in [0.05, 0.1) is 26.4 Å². The number of amides is 1. The third kappa shape index (κ3) is 9.03. The van der Waals surface area contributed by atoms with E-state index in [1.807, 2.05) is 25.7 Å². The van der Waals surface area contributed by atoms with Gasteiger partial charge >= 0.3 is 0 Å². The fourth-order valence-corrected chi connectivity index (χ4v) is 2.42. The van der Waals surface area contributed by atoms with Crippen LogP contribution in [0.2, 0.25) is 0 Å². The van der Waals surface area contributed by atoms with Crippen LogP contribution in [0.25, 0.3) is 0 Å². The lowest BCUT2D eigenvalue weighted by atomic mass is 10.2. The molecule has 0 aromatic carbocycles. The first-order valence-corrected chi connectivity index (χ1v) is 8.48. The van der Waals surface area contributed by atoms with Crippen molar-refractivity contribution in [3.05, 3.63) is 0 Å². The zero-order valence-electron chi connectivity index (χ0n) is 15.3. The molecule has 1 rings (SSSR count). The van der Waals surface area contributed by atoms with Crippen LogP contribution in [0.1, 0.15) is 27.2 Å². The third-order valence-electron chi connectivity index (χ3n) is 3.62. The topological polar surface area (TPSA) is 75.2 Å². The Balaban J connectivity index is 0.00000529. The Kier molecular flexibility index (Phi) is 13.3. The third-order valence-corrected chi connectivity index (χ3v) is 3.62. The number of likely N-dealkylation sites (tertiary alicyclic amines) is 1. The lowest BCUT2D eigenvalue weighted by molar-refractivity contribution is -0.133. The Morgan fingerprint density at radius 3 is 2.71 bits per heavy atom. The molecule has 0 spiro atoms. The van der Waals surface area contributed by atoms with Crippen LogP contribution in [0.15, 0.2) is 4.99 Å². The van der Waals surface area contributed by atoms with Gasteiger partial charge in [-0.25, -0.2) is 0 Å². The van der Waals surface area contributed by atoms with Crippen molar-refractivity contribution in [2.45, 2.75) is 33.2 Å². The minimum atomic E-state index is 0. The summed E-state index contributed by atoms with van der Waals surface area (Å²) in [6.07, 6.45) is 0.952. The highest BCUT2D eigenvalue weighted by Gasteiger charge is 2.27. The normalized spacial score (nSPS) is 17.8. The Morgan fingerprint density at radius 1 is 1.33 bits per heavy atom. The first kappa shape index (κ1) is 23.4. The molecule has 1 heterocycles. The van der Waals surface area contributed by atoms with Crippen molar-refractivity contribution in [1.82, 2.24) is 15.5 Å². The molecule has 1 saturated heterocycles. The van der Waals surface area contributed by atoms with Crippen molar-refractivity contribution in [2.24, 2.45) is 10.9 Å². The van der Waals surface area contributed by atoms with Gasteiger partial charge in [0, 0.05) is 38.7 Å². The minimum absolute atomic E-state index is 0. The maximum atomic E-state index is 12.0. The van der Waals surface area contributed by atoms with E-state index in [1.54, 1.807) is 7.11 Å². The maximum absolute atomic E-state index is 12.0. The van der Waals surface area contributed by atoms with Gasteiger partial charge in [0.25, 0.3) is 0 Å². The lowest BCUT2D eigenvalue weighted by Crippen LogP contribution is -2.45. The number of rotatable bonds is 9. The molecule has 1 aliphatic heterocycles. The van der Waals surface area contributed by atoms with Gasteiger partial charge in [-0.2, -0.15) is 0 Å². The first-order chi connectivity index (χ1) is 11.1. The van der Waals surface area contributed by atoms with Crippen LogP contribution in [0.4, 0.5) is 0 Å². The van der Waals surface area contributed by atoms with Crippen molar-refractivity contribution in [3.63, 3.8) is 0 Å². The van der Waals surface area contributed by atoms with E-state index in [2.05, 4.69) is 15.6 Å². The molecule has 1 fully saturated rings. The molecule has 2 N–H and O–H groups in total. The van der Waals surface area contributed by atoms with Gasteiger partial charge in [-0.15, -0.1) is 24.0 Å². The van der Waals surface area contributed by atoms with Gasteiger partial charge in [0.1, 0.15) is 0 Å². The van der Waals surface area contributed by atoms with Gasteiger partial charge in [0.2, 0.25) is 5.91 Å². The number of methoxy groups -OCH3 is 1. The monoisotopic (exact) mass is 456 g/mol. The predicted octanol–water partition coefficient (Wildman–Crippen LogP) is 1.08. The molecule has 8 heteroatoms. The second-order valence-corrected chi connectivity index (χ2v) is 5.93. The van der Waals surface area contributed by atoms with Gasteiger partial charge < -0.3 is 25.0 Å². The fraction of sp³-hybridized carbons (Fsp3) is 0.875. The van der Waals surface area contributed by atoms with Gasteiger partial charge in [-0.05, 0) is 13.3 Å². The fourth-order valence-electron chi connectivity index (χ4n) is 2.42. The standard InChI is InChI=1S/C16H32N4O3.HI/c1-5-17-16(18-7-9-23-11-10-22-4)19-14-6-8-20(12-14)15(21)13(2)3;/h13-14H,5-12H2,1-4H3,(H2,17,18,19);1H. The quantitative estimate of drug-likeness (QED) is 0.235. The minimum Gasteiger partial charge on any atom is -0.382 e. The molecule has 1 atom stereocenters. The van der Waals surface area contributed by atoms with E-state index in [4.69, 9.17) is 9.47 Å². The Bertz CT molecular complexity index is 380. The average Bonchev–Trinajstić information content (AvgIpc) is 2.98. The van der Waals surface area contributed by atoms with Crippen LogP contribution in [0.3, 0.4) is 0 Å². The largest absolute Gasteiger partial charge is 0.382 e. The molecule has 24 heavy (non-hydrogen) atoms. The van der Waals surface area contributed by atoms with E-state index < -0.39 is 0 Å². The number of nitrogens with one attached hydrogen (secondary N) is 2. The summed E-state index contributed by atoms with van der Waals surface area (Å²) in [5.74, 6) is 1.06. The molecule has 0 aromatic heterocycles. The highest BCUT2D eigenvalue weighted by Crippen LogP contribution is 2.12. The number of halogens is 1. The summed E-state index contributed by atoms with van der Waals surface area (Å²) in [6, 6.07) is 0.255. The van der Waals surface area contributed by atoms with E-state index in [0.717, 1.165) is 32.0 Å². The Hall–Kier alpha value is -0.610. The molecule has 142 valence electrons. The molecule has 1 aliphatic rings. The number of nitrogens with zero attached hydrogens (tertiary/aromatic N) is 2. The highest BCUT2D eigenvalue weighted by atomic mass is 127. The van der Waals surface area contributed by atoms with E-state index in [9.17, 15) is 4.79 Å². The van der Waals surface area contributed by atoms with Crippen LogP contribution in [0.5, 0.6) is 0 Å². The molecule has 1 amide bonds. The number of aliphatic imine (C=N–C) groups is 1. The van der Waals surface area contributed by atoms with Gasteiger partial charge in [0.15, 0.2) is 5.96 Å². The molecule has 1 unspecified atom stereocenters. The first-order valence-electron chi connectivity index (χ1n) is 8.48. The van der Waals surface area contributed by atoms with Crippen LogP contribution < -0.4 is 10.6 Å². The van der Waals surface area contributed by atoms with E-state index >= 15 is 0 Å². The molecule has 0 saturated carbocycles. The summed E-state index contributed by atoms with van der Waals surface area (Å²) in [5, 5.41) is 6.64. The summed E-state index contributed by atoms with van der Waals surface area (Å²) in [6.45, 7) is 10.6. The number of carbonyl (C=O) groups excluding carboxylic acids is 1. The SMILES string of the molecule is CCNC(=NCCOCCOC)NC1CCN(C(=O)C(C)C)C1.I. The van der Waals surface area contributed by atoms with E-state index in [-0.39, 0.29) is 41.8 Å². The summed E-state index contributed by atoms with van der Waals surface area (Å²) in [7, 11) is 1.66. The number of guanidine groups is 1. The molecular weight excluding hydrogens is 423 g/mol. The van der Waals surface area contributed by atoms with E-state index in [1.165, 1.54) is 0 Å². The zero-order chi connectivity index (χ0) is 17.1. The summed E-state index contributed by atoms with van der Waals surface area (Å²) >= 11 is 0. The molecule has 0 radical (unpaired) electrons. The number of hydrogen-bond donors (Lipinski definition) is 2. The van der Waals surface area contributed by atoms with Crippen molar-refractivity contribution >= 4 is 35.8 Å². The number of ether oxygens (including phenoxy) is 2. The number of hydrogen-bond acceptors (Lipinski definition) is 4. The highest BCUT2D eigenvalue weighted by molar-refractivity contribution is 14.0. The van der Waals surface area contributed by atoms with Crippen LogP contribution in [-0.4, -0.2) is 75.9 Å². The van der Waals surface area contributed by atoms with Crippen molar-refractivity contribution in [3.8, 4) is 0 Å². The van der Waals surface area contributed by atoms with E-state index in [0.29, 0.717) is 26.4 Å². The number of carbonyl (C=O) groups is 1. The summed E-state index contributed by atoms with van der Waals surface area (Å²) in [5.41, 5.74) is 0. The zero-order valence-corrected chi connectivity index (χ0v) is 17.7. The lowest BCUT2D eigenvalue weighted by Gasteiger charge is -2.20. The van der Waals surface area contributed by atoms with Gasteiger partial charge in [-0.3, -0.25) is 9.79 Å². The summed E-state index contributed by atoms with van der Waals surface area (Å²) in [4.78, 5) is 18.5. The van der Waals surface area contributed by atoms with Crippen molar-refractivity contribution in [2.75, 3.05) is 53.1 Å². The Labute approximate surface area is 162 Å². The second kappa shape index (κ2) is 13.7. The van der Waals surface area contributed by atoms with Crippen molar-refractivity contribution in [1.29, 1.82) is 0 Å². The van der Waals surface area contributed by atoms with Crippen LogP contribution in [-0.2, 0) is 14.3 Å². The van der Waals surface area contributed by atoms with Crippen molar-refractivity contribution < 1.29 is 14.3 Å². The molecule has 0 bridgehead atoms. The smallest absolute Gasteiger partial charge is 0.225 e. The van der Waals surface area contributed by atoms with Crippen LogP contribution in [0, 0.1) is 5.92 Å². The Morgan fingerprint density at radius 2 is 2.08 bits per heavy atom. The molecular formula is C16H33IN4O3. The second-order valence-electron chi connectivity index (χ2n) is 5.93. The van der Waals surface area contributed by atoms with Gasteiger partial charge in [-0.1, -0.05) is 13.8 Å². The molecule has 7 nitrogen and oxygen atoms in total. The maximum Gasteiger partial charge on any atom is 0.225 e. The molecule has 0 aromatic rings.